The molecule has 1 unspecified atom stereocenters. The van der Waals surface area contributed by atoms with Crippen molar-refractivity contribution in [2.45, 2.75) is 31.8 Å². The summed E-state index contributed by atoms with van der Waals surface area (Å²) >= 11 is 0. The van der Waals surface area contributed by atoms with E-state index in [4.69, 9.17) is 18.9 Å². The average Bonchev–Trinajstić information content (AvgIpc) is 2.77. The summed E-state index contributed by atoms with van der Waals surface area (Å²) in [6.07, 6.45) is 3.40. The smallest absolute Gasteiger partial charge is 0.188 e. The van der Waals surface area contributed by atoms with Gasteiger partial charge in [0.05, 0.1) is 14.2 Å². The maximum Gasteiger partial charge on any atom is 0.188 e. The number of ether oxygens (including phenoxy) is 4. The van der Waals surface area contributed by atoms with Gasteiger partial charge in [0.15, 0.2) is 18.3 Å². The Balaban J connectivity index is 2.69. The normalized spacial score (nSPS) is 12.1. The van der Waals surface area contributed by atoms with E-state index in [-0.39, 0.29) is 17.8 Å². The largest absolute Gasteiger partial charge is 0.497 e. The van der Waals surface area contributed by atoms with E-state index < -0.39 is 0 Å². The molecule has 0 heterocycles. The van der Waals surface area contributed by atoms with E-state index >= 15 is 0 Å². The van der Waals surface area contributed by atoms with Crippen molar-refractivity contribution in [1.82, 2.24) is 0 Å². The third-order valence-electron chi connectivity index (χ3n) is 5.18. The highest BCUT2D eigenvalue weighted by atomic mass is 31.1. The highest BCUT2D eigenvalue weighted by Gasteiger charge is 2.35. The summed E-state index contributed by atoms with van der Waals surface area (Å²) in [5.41, 5.74) is 1.78. The van der Waals surface area contributed by atoms with E-state index in [2.05, 4.69) is 18.8 Å². The molecule has 0 fully saturated rings. The quantitative estimate of drug-likeness (QED) is 0.286. The number of benzene rings is 2. The van der Waals surface area contributed by atoms with Crippen molar-refractivity contribution in [2.75, 3.05) is 35.2 Å². The van der Waals surface area contributed by atoms with Crippen molar-refractivity contribution in [3.63, 3.8) is 0 Å². The van der Waals surface area contributed by atoms with Crippen LogP contribution in [0.25, 0.3) is 0 Å². The number of nitrogens with zero attached hydrogens (tertiary/aromatic N) is 1. The van der Waals surface area contributed by atoms with Gasteiger partial charge in [-0.25, -0.2) is 4.39 Å². The topological polar surface area (TPSA) is 49.3 Å². The first-order chi connectivity index (χ1) is 14.5. The Morgan fingerprint density at radius 1 is 1.07 bits per heavy atom. The highest BCUT2D eigenvalue weighted by molar-refractivity contribution is 7.48. The number of aliphatic imine (C=N–C) groups is 1. The summed E-state index contributed by atoms with van der Waals surface area (Å²) < 4.78 is 36.1. The lowest BCUT2D eigenvalue weighted by Crippen LogP contribution is -2.24. The molecule has 0 bridgehead atoms. The van der Waals surface area contributed by atoms with Gasteiger partial charge in [-0.05, 0) is 36.3 Å². The van der Waals surface area contributed by atoms with Crippen LogP contribution >= 0.6 is 8.58 Å². The minimum Gasteiger partial charge on any atom is -0.497 e. The molecule has 0 aliphatic rings. The van der Waals surface area contributed by atoms with Gasteiger partial charge in [-0.3, -0.25) is 4.99 Å². The van der Waals surface area contributed by atoms with E-state index in [1.54, 1.807) is 40.7 Å². The van der Waals surface area contributed by atoms with Crippen molar-refractivity contribution < 1.29 is 23.3 Å². The van der Waals surface area contributed by atoms with Gasteiger partial charge in [0, 0.05) is 42.7 Å². The molecule has 0 spiro atoms. The van der Waals surface area contributed by atoms with Crippen LogP contribution in [-0.2, 0) is 9.89 Å². The van der Waals surface area contributed by atoms with Crippen molar-refractivity contribution in [3.8, 4) is 17.2 Å². The van der Waals surface area contributed by atoms with Gasteiger partial charge in [-0.2, -0.15) is 0 Å². The van der Waals surface area contributed by atoms with E-state index in [1.165, 1.54) is 12.1 Å². The summed E-state index contributed by atoms with van der Waals surface area (Å²) in [6.45, 7) is 4.41. The molecule has 1 atom stereocenters. The summed E-state index contributed by atoms with van der Waals surface area (Å²) in [5, 5.41) is 0.782. The Morgan fingerprint density at radius 2 is 1.80 bits per heavy atom. The molecule has 2 rings (SSSR count). The van der Waals surface area contributed by atoms with E-state index in [0.717, 1.165) is 29.3 Å². The van der Waals surface area contributed by atoms with E-state index in [9.17, 15) is 4.39 Å². The number of halogens is 1. The first kappa shape index (κ1) is 24.1. The van der Waals surface area contributed by atoms with Crippen LogP contribution in [0.3, 0.4) is 0 Å². The third kappa shape index (κ3) is 5.30. The minimum absolute atomic E-state index is 0.104. The summed E-state index contributed by atoms with van der Waals surface area (Å²) in [6, 6.07) is 8.68. The van der Waals surface area contributed by atoms with Gasteiger partial charge in [-0.15, -0.1) is 0 Å². The van der Waals surface area contributed by atoms with E-state index in [1.807, 2.05) is 12.1 Å². The van der Waals surface area contributed by atoms with Crippen LogP contribution in [0.4, 0.5) is 4.39 Å². The van der Waals surface area contributed by atoms with Crippen LogP contribution in [0.2, 0.25) is 0 Å². The molecule has 0 saturated carbocycles. The highest BCUT2D eigenvalue weighted by Crippen LogP contribution is 2.53. The van der Waals surface area contributed by atoms with Crippen molar-refractivity contribution in [2.24, 2.45) is 4.99 Å². The Hall–Kier alpha value is -2.17. The second-order valence-electron chi connectivity index (χ2n) is 6.79. The monoisotopic (exact) mass is 435 g/mol. The molecule has 0 aliphatic carbocycles. The van der Waals surface area contributed by atoms with Crippen molar-refractivity contribution in [3.05, 3.63) is 47.3 Å². The maximum atomic E-state index is 13.9. The lowest BCUT2D eigenvalue weighted by Gasteiger charge is -2.35. The van der Waals surface area contributed by atoms with Gasteiger partial charge in [0.1, 0.15) is 11.6 Å². The molecule has 30 heavy (non-hydrogen) atoms. The second-order valence-corrected chi connectivity index (χ2v) is 8.54. The number of rotatable bonds is 11. The zero-order valence-electron chi connectivity index (χ0n) is 18.5. The molecular weight excluding hydrogens is 404 g/mol. The van der Waals surface area contributed by atoms with Gasteiger partial charge >= 0.3 is 0 Å². The predicted molar refractivity (Wildman–Crippen MR) is 122 cm³/mol. The Morgan fingerprint density at radius 3 is 2.37 bits per heavy atom. The summed E-state index contributed by atoms with van der Waals surface area (Å²) in [5.74, 6) is 1.65. The van der Waals surface area contributed by atoms with Crippen molar-refractivity contribution in [1.29, 1.82) is 0 Å². The van der Waals surface area contributed by atoms with Crippen LogP contribution < -0.4 is 19.5 Å². The standard InChI is InChI=1S/C23H31FNO4P/c1-7-23(8-2,30-21-10-9-17(24)11-16(21)14-25-3)19-12-18(27-5)13-20(28-6)22(19)29-15-26-4/h9-14,30H,7-8,15H2,1-6H3. The zero-order valence-corrected chi connectivity index (χ0v) is 19.5. The maximum absolute atomic E-state index is 13.9. The molecule has 0 saturated heterocycles. The summed E-state index contributed by atoms with van der Waals surface area (Å²) in [4.78, 5) is 4.11. The Kier molecular flexibility index (Phi) is 9.07. The zero-order chi connectivity index (χ0) is 22.1. The van der Waals surface area contributed by atoms with Gasteiger partial charge in [-0.1, -0.05) is 28.5 Å². The molecule has 0 radical (unpaired) electrons. The molecule has 0 amide bonds. The van der Waals surface area contributed by atoms with Crippen LogP contribution in [0.15, 0.2) is 35.3 Å². The molecule has 2 aromatic carbocycles. The molecule has 5 nitrogen and oxygen atoms in total. The molecule has 164 valence electrons. The summed E-state index contributed by atoms with van der Waals surface area (Å²) in [7, 11) is 6.86. The van der Waals surface area contributed by atoms with Crippen LogP contribution in [0.5, 0.6) is 17.2 Å². The Labute approximate surface area is 180 Å². The number of hydrogen-bond acceptors (Lipinski definition) is 5. The minimum atomic E-state index is -0.274. The third-order valence-corrected chi connectivity index (χ3v) is 7.36. The first-order valence-corrected chi connectivity index (χ1v) is 10.9. The number of hydrogen-bond donors (Lipinski definition) is 0. The number of methoxy groups -OCH3 is 3. The molecule has 0 aliphatic heterocycles. The molecule has 0 N–H and O–H groups in total. The lowest BCUT2D eigenvalue weighted by atomic mass is 9.91. The van der Waals surface area contributed by atoms with Gasteiger partial charge in [0.2, 0.25) is 0 Å². The van der Waals surface area contributed by atoms with E-state index in [0.29, 0.717) is 25.8 Å². The SMILES string of the molecule is CCC(CC)(Pc1ccc(F)cc1C=NC)c1cc(OC)cc(OC)c1OCOC. The second kappa shape index (κ2) is 11.3. The molecule has 2 aromatic rings. The van der Waals surface area contributed by atoms with Crippen molar-refractivity contribution >= 4 is 20.1 Å². The van der Waals surface area contributed by atoms with Crippen LogP contribution in [-0.4, -0.2) is 41.4 Å². The average molecular weight is 435 g/mol. The molecule has 0 aromatic heterocycles. The van der Waals surface area contributed by atoms with Gasteiger partial charge < -0.3 is 18.9 Å². The lowest BCUT2D eigenvalue weighted by molar-refractivity contribution is 0.0478. The fourth-order valence-corrected chi connectivity index (χ4v) is 5.13. The predicted octanol–water partition coefficient (Wildman–Crippen LogP) is 4.89. The van der Waals surface area contributed by atoms with Crippen LogP contribution in [0.1, 0.15) is 37.8 Å². The molecular formula is C23H31FNO4P. The van der Waals surface area contributed by atoms with Gasteiger partial charge in [0.25, 0.3) is 0 Å². The van der Waals surface area contributed by atoms with Crippen LogP contribution in [0, 0.1) is 5.82 Å². The Bertz CT molecular complexity index is 869. The fourth-order valence-electron chi connectivity index (χ4n) is 3.49. The first-order valence-electron chi connectivity index (χ1n) is 9.86. The molecule has 7 heteroatoms. The fraction of sp³-hybridized carbons (Fsp3) is 0.435.